The van der Waals surface area contributed by atoms with Gasteiger partial charge in [0.1, 0.15) is 11.6 Å². The lowest BCUT2D eigenvalue weighted by Crippen LogP contribution is -2.12. The third-order valence-electron chi connectivity index (χ3n) is 2.58. The molecule has 0 saturated carbocycles. The summed E-state index contributed by atoms with van der Waals surface area (Å²) in [6.07, 6.45) is 0.961. The molecular formula is C14H21F2NS. The fraction of sp³-hybridized carbons (Fsp3) is 0.571. The van der Waals surface area contributed by atoms with Crippen molar-refractivity contribution < 1.29 is 8.78 Å². The van der Waals surface area contributed by atoms with Gasteiger partial charge in [0.2, 0.25) is 0 Å². The van der Waals surface area contributed by atoms with Crippen LogP contribution < -0.4 is 5.32 Å². The molecular weight excluding hydrogens is 252 g/mol. The van der Waals surface area contributed by atoms with E-state index in [-0.39, 0.29) is 4.90 Å². The summed E-state index contributed by atoms with van der Waals surface area (Å²) in [5.74, 6) is 0.405. The van der Waals surface area contributed by atoms with Gasteiger partial charge < -0.3 is 5.32 Å². The van der Waals surface area contributed by atoms with Crippen LogP contribution in [0.5, 0.6) is 0 Å². The molecule has 0 saturated heterocycles. The zero-order valence-corrected chi connectivity index (χ0v) is 12.0. The summed E-state index contributed by atoms with van der Waals surface area (Å²) >= 11 is 1.26. The van der Waals surface area contributed by atoms with Gasteiger partial charge in [0.05, 0.1) is 4.90 Å². The lowest BCUT2D eigenvalue weighted by molar-refractivity contribution is 0.534. The molecule has 0 bridgehead atoms. The first-order valence-electron chi connectivity index (χ1n) is 6.36. The van der Waals surface area contributed by atoms with Crippen molar-refractivity contribution in [2.45, 2.75) is 38.6 Å². The molecule has 1 aromatic rings. The van der Waals surface area contributed by atoms with Crippen molar-refractivity contribution in [3.8, 4) is 0 Å². The first-order valence-corrected chi connectivity index (χ1v) is 7.34. The SMILES string of the molecule is CCNCc1cc(F)c(SCCC(C)C)c(F)c1. The van der Waals surface area contributed by atoms with E-state index in [1.54, 1.807) is 0 Å². The Hall–Kier alpha value is -0.610. The van der Waals surface area contributed by atoms with Gasteiger partial charge in [-0.1, -0.05) is 20.8 Å². The van der Waals surface area contributed by atoms with Crippen molar-refractivity contribution in [2.24, 2.45) is 5.92 Å². The second kappa shape index (κ2) is 7.74. The van der Waals surface area contributed by atoms with Gasteiger partial charge >= 0.3 is 0 Å². The molecule has 0 unspecified atom stereocenters. The van der Waals surface area contributed by atoms with Crippen LogP contribution in [0.15, 0.2) is 17.0 Å². The number of benzene rings is 1. The van der Waals surface area contributed by atoms with Crippen LogP contribution in [0, 0.1) is 17.6 Å². The number of hydrogen-bond acceptors (Lipinski definition) is 2. The zero-order chi connectivity index (χ0) is 13.5. The molecule has 0 aliphatic heterocycles. The molecule has 1 nitrogen and oxygen atoms in total. The van der Waals surface area contributed by atoms with Crippen LogP contribution in [-0.2, 0) is 6.54 Å². The first-order chi connectivity index (χ1) is 8.54. The summed E-state index contributed by atoms with van der Waals surface area (Å²) in [6, 6.07) is 2.84. The van der Waals surface area contributed by atoms with E-state index in [1.165, 1.54) is 23.9 Å². The number of nitrogens with one attached hydrogen (secondary N) is 1. The highest BCUT2D eigenvalue weighted by atomic mass is 32.2. The Labute approximate surface area is 112 Å². The van der Waals surface area contributed by atoms with E-state index in [4.69, 9.17) is 0 Å². The molecule has 0 aromatic heterocycles. The predicted octanol–water partition coefficient (Wildman–Crippen LogP) is 4.21. The molecule has 0 fully saturated rings. The fourth-order valence-corrected chi connectivity index (χ4v) is 2.71. The molecule has 0 aliphatic rings. The molecule has 0 atom stereocenters. The molecule has 0 heterocycles. The average molecular weight is 273 g/mol. The number of halogens is 2. The minimum Gasteiger partial charge on any atom is -0.313 e. The minimum absolute atomic E-state index is 0.149. The predicted molar refractivity (Wildman–Crippen MR) is 73.9 cm³/mol. The topological polar surface area (TPSA) is 12.0 Å². The van der Waals surface area contributed by atoms with Crippen LogP contribution >= 0.6 is 11.8 Å². The maximum Gasteiger partial charge on any atom is 0.140 e. The van der Waals surface area contributed by atoms with Gasteiger partial charge in [-0.3, -0.25) is 0 Å². The van der Waals surface area contributed by atoms with E-state index in [2.05, 4.69) is 19.2 Å². The first kappa shape index (κ1) is 15.4. The van der Waals surface area contributed by atoms with Gasteiger partial charge in [0, 0.05) is 6.54 Å². The van der Waals surface area contributed by atoms with E-state index in [1.807, 2.05) is 6.92 Å². The summed E-state index contributed by atoms with van der Waals surface area (Å²) in [6.45, 7) is 7.46. The summed E-state index contributed by atoms with van der Waals surface area (Å²) in [5.41, 5.74) is 0.653. The Kier molecular flexibility index (Phi) is 6.65. The number of rotatable bonds is 7. The van der Waals surface area contributed by atoms with Crippen molar-refractivity contribution in [1.29, 1.82) is 0 Å². The average Bonchev–Trinajstić information content (AvgIpc) is 2.29. The van der Waals surface area contributed by atoms with Gasteiger partial charge in [0.15, 0.2) is 0 Å². The third-order valence-corrected chi connectivity index (χ3v) is 3.70. The number of hydrogen-bond donors (Lipinski definition) is 1. The van der Waals surface area contributed by atoms with Crippen LogP contribution in [0.1, 0.15) is 32.8 Å². The molecule has 4 heteroatoms. The second-order valence-corrected chi connectivity index (χ2v) is 5.81. The van der Waals surface area contributed by atoms with Crippen LogP contribution in [0.4, 0.5) is 8.78 Å². The molecule has 102 valence electrons. The largest absolute Gasteiger partial charge is 0.313 e. The Bertz CT molecular complexity index is 357. The maximum absolute atomic E-state index is 13.8. The molecule has 0 spiro atoms. The lowest BCUT2D eigenvalue weighted by atomic mass is 10.2. The van der Waals surface area contributed by atoms with Crippen molar-refractivity contribution in [3.05, 3.63) is 29.3 Å². The molecule has 1 N–H and O–H groups in total. The fourth-order valence-electron chi connectivity index (χ4n) is 1.52. The van der Waals surface area contributed by atoms with E-state index >= 15 is 0 Å². The second-order valence-electron chi connectivity index (χ2n) is 4.70. The molecule has 18 heavy (non-hydrogen) atoms. The highest BCUT2D eigenvalue weighted by Crippen LogP contribution is 2.27. The van der Waals surface area contributed by atoms with Crippen LogP contribution in [0.2, 0.25) is 0 Å². The molecule has 0 aliphatic carbocycles. The molecule has 0 amide bonds. The maximum atomic E-state index is 13.8. The Morgan fingerprint density at radius 2 is 1.83 bits per heavy atom. The highest BCUT2D eigenvalue weighted by molar-refractivity contribution is 7.99. The van der Waals surface area contributed by atoms with E-state index in [9.17, 15) is 8.78 Å². The standard InChI is InChI=1S/C14H21F2NS/c1-4-17-9-11-7-12(15)14(13(16)8-11)18-6-5-10(2)3/h7-8,10,17H,4-6,9H2,1-3H3. The van der Waals surface area contributed by atoms with Gasteiger partial charge in [-0.05, 0) is 42.3 Å². The van der Waals surface area contributed by atoms with E-state index in [0.717, 1.165) is 18.7 Å². The van der Waals surface area contributed by atoms with Gasteiger partial charge in [-0.15, -0.1) is 11.8 Å². The Morgan fingerprint density at radius 3 is 2.33 bits per heavy atom. The monoisotopic (exact) mass is 273 g/mol. The Balaban J connectivity index is 2.68. The van der Waals surface area contributed by atoms with Crippen LogP contribution in [-0.4, -0.2) is 12.3 Å². The highest BCUT2D eigenvalue weighted by Gasteiger charge is 2.11. The normalized spacial score (nSPS) is 11.2. The Morgan fingerprint density at radius 1 is 1.22 bits per heavy atom. The molecule has 1 rings (SSSR count). The smallest absolute Gasteiger partial charge is 0.140 e. The summed E-state index contributed by atoms with van der Waals surface area (Å²) in [5, 5.41) is 3.06. The van der Waals surface area contributed by atoms with Crippen LogP contribution in [0.25, 0.3) is 0 Å². The summed E-state index contributed by atoms with van der Waals surface area (Å²) < 4.78 is 27.5. The summed E-state index contributed by atoms with van der Waals surface area (Å²) in [7, 11) is 0. The molecule has 1 aromatic carbocycles. The van der Waals surface area contributed by atoms with Crippen molar-refractivity contribution in [3.63, 3.8) is 0 Å². The van der Waals surface area contributed by atoms with Gasteiger partial charge in [-0.25, -0.2) is 8.78 Å². The van der Waals surface area contributed by atoms with Gasteiger partial charge in [0.25, 0.3) is 0 Å². The van der Waals surface area contributed by atoms with Crippen molar-refractivity contribution in [1.82, 2.24) is 5.32 Å². The summed E-state index contributed by atoms with van der Waals surface area (Å²) in [4.78, 5) is 0.149. The third kappa shape index (κ3) is 4.94. The van der Waals surface area contributed by atoms with Gasteiger partial charge in [-0.2, -0.15) is 0 Å². The zero-order valence-electron chi connectivity index (χ0n) is 11.2. The van der Waals surface area contributed by atoms with Crippen molar-refractivity contribution in [2.75, 3.05) is 12.3 Å². The van der Waals surface area contributed by atoms with Crippen LogP contribution in [0.3, 0.4) is 0 Å². The minimum atomic E-state index is -0.448. The molecule has 0 radical (unpaired) electrons. The van der Waals surface area contributed by atoms with E-state index in [0.29, 0.717) is 18.0 Å². The lowest BCUT2D eigenvalue weighted by Gasteiger charge is -2.09. The quantitative estimate of drug-likeness (QED) is 0.747. The number of thioether (sulfide) groups is 1. The van der Waals surface area contributed by atoms with Crippen molar-refractivity contribution >= 4 is 11.8 Å². The van der Waals surface area contributed by atoms with E-state index < -0.39 is 11.6 Å².